The Hall–Kier alpha value is -2.82. The highest BCUT2D eigenvalue weighted by Gasteiger charge is 2.29. The normalized spacial score (nSPS) is 15.7. The standard InChI is InChI=1S/C17H15NO4/c19-16(14-10-22-15-7-2-1-6-13(14)15)18-9-11-4-3-5-12(8-11)17(20)21/h1-8,14H,9-10H2,(H,18,19)(H,20,21)/t14-/m0/s1. The van der Waals surface area contributed by atoms with Crippen molar-refractivity contribution < 1.29 is 19.4 Å². The van der Waals surface area contributed by atoms with Crippen LogP contribution in [0.3, 0.4) is 0 Å². The van der Waals surface area contributed by atoms with E-state index in [1.54, 1.807) is 18.2 Å². The maximum atomic E-state index is 12.3. The number of carboxylic acid groups (broad SMARTS) is 1. The third kappa shape index (κ3) is 2.79. The van der Waals surface area contributed by atoms with Crippen LogP contribution in [-0.2, 0) is 11.3 Å². The van der Waals surface area contributed by atoms with Crippen LogP contribution in [0.15, 0.2) is 48.5 Å². The fourth-order valence-electron chi connectivity index (χ4n) is 2.51. The molecule has 1 aliphatic heterocycles. The summed E-state index contributed by atoms with van der Waals surface area (Å²) >= 11 is 0. The van der Waals surface area contributed by atoms with Gasteiger partial charge in [-0.2, -0.15) is 0 Å². The fraction of sp³-hybridized carbons (Fsp3) is 0.176. The van der Waals surface area contributed by atoms with Gasteiger partial charge in [-0.1, -0.05) is 30.3 Å². The third-order valence-corrected chi connectivity index (χ3v) is 3.66. The molecule has 2 aromatic rings. The summed E-state index contributed by atoms with van der Waals surface area (Å²) in [4.78, 5) is 23.2. The van der Waals surface area contributed by atoms with E-state index in [0.717, 1.165) is 16.9 Å². The molecule has 0 saturated heterocycles. The summed E-state index contributed by atoms with van der Waals surface area (Å²) < 4.78 is 5.50. The second kappa shape index (κ2) is 5.89. The lowest BCUT2D eigenvalue weighted by Crippen LogP contribution is -2.29. The first-order valence-corrected chi connectivity index (χ1v) is 6.97. The molecule has 0 radical (unpaired) electrons. The molecular formula is C17H15NO4. The van der Waals surface area contributed by atoms with Gasteiger partial charge in [-0.25, -0.2) is 4.79 Å². The number of aromatic carboxylic acids is 1. The van der Waals surface area contributed by atoms with E-state index in [0.29, 0.717) is 13.2 Å². The van der Waals surface area contributed by atoms with Crippen LogP contribution >= 0.6 is 0 Å². The van der Waals surface area contributed by atoms with Crippen molar-refractivity contribution >= 4 is 11.9 Å². The highest BCUT2D eigenvalue weighted by molar-refractivity contribution is 5.88. The molecule has 0 spiro atoms. The molecule has 0 saturated carbocycles. The summed E-state index contributed by atoms with van der Waals surface area (Å²) in [7, 11) is 0. The molecular weight excluding hydrogens is 282 g/mol. The first kappa shape index (κ1) is 14.1. The quantitative estimate of drug-likeness (QED) is 0.907. The first-order valence-electron chi connectivity index (χ1n) is 6.97. The number of hydrogen-bond donors (Lipinski definition) is 2. The van der Waals surface area contributed by atoms with Crippen molar-refractivity contribution in [1.82, 2.24) is 5.32 Å². The van der Waals surface area contributed by atoms with Crippen LogP contribution in [0.4, 0.5) is 0 Å². The maximum absolute atomic E-state index is 12.3. The van der Waals surface area contributed by atoms with Crippen LogP contribution in [0.5, 0.6) is 5.75 Å². The van der Waals surface area contributed by atoms with Crippen LogP contribution in [0, 0.1) is 0 Å². The van der Waals surface area contributed by atoms with E-state index < -0.39 is 5.97 Å². The molecule has 1 atom stereocenters. The summed E-state index contributed by atoms with van der Waals surface area (Å²) in [6, 6.07) is 14.0. The summed E-state index contributed by atoms with van der Waals surface area (Å²) in [6.45, 7) is 0.624. The molecule has 1 amide bonds. The minimum atomic E-state index is -0.980. The van der Waals surface area contributed by atoms with Crippen molar-refractivity contribution in [2.75, 3.05) is 6.61 Å². The van der Waals surface area contributed by atoms with E-state index in [1.807, 2.05) is 24.3 Å². The van der Waals surface area contributed by atoms with Crippen LogP contribution in [0.2, 0.25) is 0 Å². The number of carbonyl (C=O) groups excluding carboxylic acids is 1. The largest absolute Gasteiger partial charge is 0.492 e. The zero-order valence-electron chi connectivity index (χ0n) is 11.8. The minimum Gasteiger partial charge on any atom is -0.492 e. The number of para-hydroxylation sites is 1. The molecule has 0 fully saturated rings. The Morgan fingerprint density at radius 2 is 2.00 bits per heavy atom. The van der Waals surface area contributed by atoms with Crippen molar-refractivity contribution in [3.8, 4) is 5.75 Å². The number of amides is 1. The van der Waals surface area contributed by atoms with Crippen molar-refractivity contribution in [3.05, 3.63) is 65.2 Å². The van der Waals surface area contributed by atoms with E-state index in [1.165, 1.54) is 6.07 Å². The predicted octanol–water partition coefficient (Wildman–Crippen LogP) is 2.18. The number of benzene rings is 2. The highest BCUT2D eigenvalue weighted by Crippen LogP contribution is 2.33. The fourth-order valence-corrected chi connectivity index (χ4v) is 2.51. The van der Waals surface area contributed by atoms with Crippen LogP contribution in [-0.4, -0.2) is 23.6 Å². The number of fused-ring (bicyclic) bond motifs is 1. The molecule has 0 aromatic heterocycles. The van der Waals surface area contributed by atoms with E-state index in [-0.39, 0.29) is 17.4 Å². The van der Waals surface area contributed by atoms with Gasteiger partial charge < -0.3 is 15.2 Å². The minimum absolute atomic E-state index is 0.120. The zero-order valence-corrected chi connectivity index (χ0v) is 11.8. The van der Waals surface area contributed by atoms with Gasteiger partial charge in [-0.05, 0) is 23.8 Å². The Kier molecular flexibility index (Phi) is 3.78. The summed E-state index contributed by atoms with van der Waals surface area (Å²) in [6.07, 6.45) is 0. The lowest BCUT2D eigenvalue weighted by Gasteiger charge is -2.10. The molecule has 0 bridgehead atoms. The molecule has 5 heteroatoms. The monoisotopic (exact) mass is 297 g/mol. The number of rotatable bonds is 4. The second-order valence-corrected chi connectivity index (χ2v) is 5.12. The molecule has 5 nitrogen and oxygen atoms in total. The lowest BCUT2D eigenvalue weighted by atomic mass is 10.0. The molecule has 3 rings (SSSR count). The lowest BCUT2D eigenvalue weighted by molar-refractivity contribution is -0.122. The first-order chi connectivity index (χ1) is 10.6. The topological polar surface area (TPSA) is 75.6 Å². The average molecular weight is 297 g/mol. The Labute approximate surface area is 127 Å². The van der Waals surface area contributed by atoms with E-state index in [2.05, 4.69) is 5.32 Å². The van der Waals surface area contributed by atoms with Gasteiger partial charge in [0.25, 0.3) is 0 Å². The second-order valence-electron chi connectivity index (χ2n) is 5.12. The number of hydrogen-bond acceptors (Lipinski definition) is 3. The molecule has 0 aliphatic carbocycles. The van der Waals surface area contributed by atoms with Gasteiger partial charge in [0.15, 0.2) is 0 Å². The average Bonchev–Trinajstić information content (AvgIpc) is 2.97. The number of nitrogens with one attached hydrogen (secondary N) is 1. The SMILES string of the molecule is O=C(O)c1cccc(CNC(=O)[C@H]2COc3ccccc32)c1. The molecule has 2 N–H and O–H groups in total. The van der Waals surface area contributed by atoms with Crippen molar-refractivity contribution in [2.24, 2.45) is 0 Å². The highest BCUT2D eigenvalue weighted by atomic mass is 16.5. The summed E-state index contributed by atoms with van der Waals surface area (Å²) in [5.41, 5.74) is 1.85. The van der Waals surface area contributed by atoms with Gasteiger partial charge >= 0.3 is 5.97 Å². The molecule has 112 valence electrons. The number of carboxylic acids is 1. The maximum Gasteiger partial charge on any atom is 0.335 e. The molecule has 1 heterocycles. The smallest absolute Gasteiger partial charge is 0.335 e. The Morgan fingerprint density at radius 3 is 2.82 bits per heavy atom. The number of ether oxygens (including phenoxy) is 1. The van der Waals surface area contributed by atoms with Crippen LogP contribution in [0.1, 0.15) is 27.4 Å². The number of carbonyl (C=O) groups is 2. The van der Waals surface area contributed by atoms with E-state index in [9.17, 15) is 9.59 Å². The summed E-state index contributed by atoms with van der Waals surface area (Å²) in [5, 5.41) is 11.8. The Balaban J connectivity index is 1.66. The van der Waals surface area contributed by atoms with Crippen molar-refractivity contribution in [3.63, 3.8) is 0 Å². The Morgan fingerprint density at radius 1 is 1.18 bits per heavy atom. The van der Waals surface area contributed by atoms with Gasteiger partial charge in [-0.15, -0.1) is 0 Å². The van der Waals surface area contributed by atoms with E-state index >= 15 is 0 Å². The van der Waals surface area contributed by atoms with E-state index in [4.69, 9.17) is 9.84 Å². The van der Waals surface area contributed by atoms with Gasteiger partial charge in [0, 0.05) is 12.1 Å². The van der Waals surface area contributed by atoms with Crippen molar-refractivity contribution in [2.45, 2.75) is 12.5 Å². The van der Waals surface area contributed by atoms with Gasteiger partial charge in [0.05, 0.1) is 5.56 Å². The zero-order chi connectivity index (χ0) is 15.5. The molecule has 0 unspecified atom stereocenters. The van der Waals surface area contributed by atoms with Gasteiger partial charge in [-0.3, -0.25) is 4.79 Å². The third-order valence-electron chi connectivity index (χ3n) is 3.66. The van der Waals surface area contributed by atoms with Crippen LogP contribution in [0.25, 0.3) is 0 Å². The predicted molar refractivity (Wildman–Crippen MR) is 79.9 cm³/mol. The van der Waals surface area contributed by atoms with Gasteiger partial charge in [0.2, 0.25) is 5.91 Å². The Bertz CT molecular complexity index is 726. The van der Waals surface area contributed by atoms with Crippen LogP contribution < -0.4 is 10.1 Å². The molecule has 22 heavy (non-hydrogen) atoms. The molecule has 1 aliphatic rings. The molecule has 2 aromatic carbocycles. The van der Waals surface area contributed by atoms with Crippen molar-refractivity contribution in [1.29, 1.82) is 0 Å². The van der Waals surface area contributed by atoms with Gasteiger partial charge in [0.1, 0.15) is 18.3 Å². The summed E-state index contributed by atoms with van der Waals surface area (Å²) in [5.74, 6) is -0.675.